The first kappa shape index (κ1) is 29.7. The molecular formula is C23H21Cl2F3N6O5. The summed E-state index contributed by atoms with van der Waals surface area (Å²) in [5, 5.41) is 7.37. The summed E-state index contributed by atoms with van der Waals surface area (Å²) in [6.07, 6.45) is -6.29. The lowest BCUT2D eigenvalue weighted by Gasteiger charge is -2.19. The number of rotatable bonds is 8. The summed E-state index contributed by atoms with van der Waals surface area (Å²) >= 11 is 12.3. The summed E-state index contributed by atoms with van der Waals surface area (Å²) in [6, 6.07) is 6.39. The summed E-state index contributed by atoms with van der Waals surface area (Å²) in [5.41, 5.74) is 2.12. The molecule has 3 rings (SSSR count). The second kappa shape index (κ2) is 11.9. The zero-order chi connectivity index (χ0) is 29.1. The Balaban J connectivity index is 2.07. The number of carbonyl (C=O) groups is 3. The Kier molecular flexibility index (Phi) is 9.04. The average molecular weight is 589 g/mol. The van der Waals surface area contributed by atoms with Crippen molar-refractivity contribution < 1.29 is 37.0 Å². The van der Waals surface area contributed by atoms with Crippen LogP contribution in [0, 0.1) is 6.92 Å². The molecule has 0 saturated carbocycles. The lowest BCUT2D eigenvalue weighted by molar-refractivity contribution is -0.285. The van der Waals surface area contributed by atoms with Crippen LogP contribution >= 0.6 is 23.2 Å². The minimum atomic E-state index is -4.46. The lowest BCUT2D eigenvalue weighted by Crippen LogP contribution is -2.42. The van der Waals surface area contributed by atoms with E-state index in [0.29, 0.717) is 12.7 Å². The van der Waals surface area contributed by atoms with E-state index in [1.165, 1.54) is 44.4 Å². The smallest absolute Gasteiger partial charge is 0.409 e. The Labute approximate surface area is 229 Å². The highest BCUT2D eigenvalue weighted by molar-refractivity contribution is 6.32. The number of amides is 3. The van der Waals surface area contributed by atoms with Gasteiger partial charge in [-0.1, -0.05) is 23.2 Å². The molecule has 1 atom stereocenters. The molecule has 39 heavy (non-hydrogen) atoms. The monoisotopic (exact) mass is 588 g/mol. The molecule has 0 radical (unpaired) electrons. The summed E-state index contributed by atoms with van der Waals surface area (Å²) in [6.45, 7) is 2.76. The number of ether oxygens (including phenoxy) is 2. The van der Waals surface area contributed by atoms with Crippen LogP contribution in [0.25, 0.3) is 5.82 Å². The average Bonchev–Trinajstić information content (AvgIpc) is 3.27. The Morgan fingerprint density at radius 2 is 1.87 bits per heavy atom. The molecule has 1 unspecified atom stereocenters. The summed E-state index contributed by atoms with van der Waals surface area (Å²) in [4.78, 5) is 41.9. The maximum atomic E-state index is 14.1. The van der Waals surface area contributed by atoms with E-state index in [9.17, 15) is 27.6 Å². The van der Waals surface area contributed by atoms with E-state index in [-0.39, 0.29) is 27.1 Å². The predicted molar refractivity (Wildman–Crippen MR) is 134 cm³/mol. The summed E-state index contributed by atoms with van der Waals surface area (Å²) in [7, 11) is 2.03. The molecule has 0 aliphatic carbocycles. The van der Waals surface area contributed by atoms with Crippen molar-refractivity contribution in [3.8, 4) is 11.7 Å². The Morgan fingerprint density at radius 3 is 2.49 bits per heavy atom. The maximum absolute atomic E-state index is 14.1. The van der Waals surface area contributed by atoms with Gasteiger partial charge in [0, 0.05) is 38.4 Å². The van der Waals surface area contributed by atoms with E-state index in [1.54, 1.807) is 6.92 Å². The van der Waals surface area contributed by atoms with Crippen LogP contribution in [-0.2, 0) is 9.53 Å². The van der Waals surface area contributed by atoms with Gasteiger partial charge >= 0.3 is 12.5 Å². The Hall–Kier alpha value is -3.88. The fraction of sp³-hybridized carbons (Fsp3) is 0.261. The van der Waals surface area contributed by atoms with Crippen molar-refractivity contribution in [3.05, 3.63) is 63.4 Å². The zero-order valence-corrected chi connectivity index (χ0v) is 22.3. The molecule has 3 amide bonds. The van der Waals surface area contributed by atoms with Gasteiger partial charge in [0.25, 0.3) is 11.8 Å². The molecule has 208 valence electrons. The number of hydrogen-bond donors (Lipinski definition) is 2. The highest BCUT2D eigenvalue weighted by Crippen LogP contribution is 2.30. The van der Waals surface area contributed by atoms with Gasteiger partial charge in [-0.2, -0.15) is 8.78 Å². The third kappa shape index (κ3) is 6.77. The van der Waals surface area contributed by atoms with Gasteiger partial charge in [0.15, 0.2) is 5.82 Å². The van der Waals surface area contributed by atoms with E-state index in [2.05, 4.69) is 30.3 Å². The van der Waals surface area contributed by atoms with Gasteiger partial charge in [-0.15, -0.1) is 5.10 Å². The van der Waals surface area contributed by atoms with Gasteiger partial charge in [0.05, 0.1) is 16.3 Å². The number of benzene rings is 1. The molecule has 0 aliphatic heterocycles. The summed E-state index contributed by atoms with van der Waals surface area (Å²) in [5.74, 6) is -3.23. The third-order valence-corrected chi connectivity index (χ3v) is 5.61. The number of nitrogens with one attached hydrogen (secondary N) is 2. The van der Waals surface area contributed by atoms with Gasteiger partial charge in [0.2, 0.25) is 11.8 Å². The fourth-order valence-electron chi connectivity index (χ4n) is 3.15. The van der Waals surface area contributed by atoms with Crippen molar-refractivity contribution in [3.63, 3.8) is 0 Å². The zero-order valence-electron chi connectivity index (χ0n) is 20.8. The Bertz CT molecular complexity index is 1420. The molecule has 3 aromatic rings. The molecule has 2 aromatic heterocycles. The molecule has 16 heteroatoms. The van der Waals surface area contributed by atoms with E-state index in [1.807, 2.05) is 0 Å². The third-order valence-electron chi connectivity index (χ3n) is 5.10. The van der Waals surface area contributed by atoms with Crippen LogP contribution in [0.15, 0.2) is 36.5 Å². The van der Waals surface area contributed by atoms with Crippen LogP contribution in [0.2, 0.25) is 10.0 Å². The molecule has 0 fully saturated rings. The predicted octanol–water partition coefficient (Wildman–Crippen LogP) is 4.17. The molecule has 11 nitrogen and oxygen atoms in total. The molecule has 2 heterocycles. The molecule has 0 spiro atoms. The number of alkyl halides is 3. The minimum Gasteiger partial charge on any atom is -0.409 e. The van der Waals surface area contributed by atoms with Crippen LogP contribution < -0.4 is 15.5 Å². The van der Waals surface area contributed by atoms with Crippen LogP contribution in [0.3, 0.4) is 0 Å². The lowest BCUT2D eigenvalue weighted by atomic mass is 10.1. The number of nitrogens with zero attached hydrogens (tertiary/aromatic N) is 4. The second-order valence-electron chi connectivity index (χ2n) is 7.92. The van der Waals surface area contributed by atoms with Crippen LogP contribution in [-0.4, -0.2) is 64.1 Å². The number of methoxy groups -OCH3 is 1. The maximum Gasteiger partial charge on any atom is 0.457 e. The number of pyridine rings is 1. The largest absolute Gasteiger partial charge is 0.457 e. The quantitative estimate of drug-likeness (QED) is 0.378. The fourth-order valence-corrected chi connectivity index (χ4v) is 3.62. The highest BCUT2D eigenvalue weighted by atomic mass is 35.5. The molecule has 1 aromatic carbocycles. The Morgan fingerprint density at radius 1 is 1.18 bits per heavy atom. The first-order valence-electron chi connectivity index (χ1n) is 10.9. The number of hydrazine groups is 1. The normalized spacial score (nSPS) is 12.0. The van der Waals surface area contributed by atoms with Crippen molar-refractivity contribution in [2.75, 3.05) is 19.5 Å². The van der Waals surface area contributed by atoms with E-state index >= 15 is 0 Å². The van der Waals surface area contributed by atoms with E-state index < -0.39 is 41.8 Å². The number of hydrogen-bond acceptors (Lipinski definition) is 7. The topological polar surface area (TPSA) is 128 Å². The summed E-state index contributed by atoms with van der Waals surface area (Å²) < 4.78 is 50.9. The van der Waals surface area contributed by atoms with Crippen molar-refractivity contribution in [2.45, 2.75) is 26.3 Å². The van der Waals surface area contributed by atoms with Gasteiger partial charge < -0.3 is 14.8 Å². The number of aromatic nitrogens is 3. The van der Waals surface area contributed by atoms with Crippen molar-refractivity contribution in [2.24, 2.45) is 0 Å². The second-order valence-corrected chi connectivity index (χ2v) is 8.77. The van der Waals surface area contributed by atoms with Gasteiger partial charge in [-0.05, 0) is 36.8 Å². The minimum absolute atomic E-state index is 0.0109. The van der Waals surface area contributed by atoms with Crippen LogP contribution in [0.5, 0.6) is 5.88 Å². The number of aryl methyl sites for hydroxylation is 1. The molecule has 0 aliphatic rings. The first-order chi connectivity index (χ1) is 18.2. The first-order valence-corrected chi connectivity index (χ1v) is 11.6. The standard InChI is InChI=1S/C23H21Cl2F3N6O5/c1-11-8-13(24)9-14(20(36)32-33(3)12(2)35)18(11)30-21(37)16-10-17(39-23(27,28)22(26)38-4)31-34(16)19-15(25)6-5-7-29-19/h5-10,22H,1-4H3,(H,30,37)(H,32,36). The molecule has 0 bridgehead atoms. The van der Waals surface area contributed by atoms with Crippen molar-refractivity contribution in [1.82, 2.24) is 25.2 Å². The van der Waals surface area contributed by atoms with Crippen LogP contribution in [0.4, 0.5) is 18.9 Å². The van der Waals surface area contributed by atoms with Crippen molar-refractivity contribution in [1.29, 1.82) is 0 Å². The number of anilines is 1. The number of halogens is 5. The van der Waals surface area contributed by atoms with E-state index in [4.69, 9.17) is 23.2 Å². The van der Waals surface area contributed by atoms with Gasteiger partial charge in [-0.25, -0.2) is 14.1 Å². The number of carbonyl (C=O) groups excluding carboxylic acids is 3. The highest BCUT2D eigenvalue weighted by Gasteiger charge is 2.45. The van der Waals surface area contributed by atoms with Crippen LogP contribution in [0.1, 0.15) is 33.3 Å². The van der Waals surface area contributed by atoms with Gasteiger partial charge in [0.1, 0.15) is 5.69 Å². The molecule has 0 saturated heterocycles. The molecule has 2 N–H and O–H groups in total. The van der Waals surface area contributed by atoms with E-state index in [0.717, 1.165) is 15.8 Å². The SMILES string of the molecule is COC(F)C(F)(F)Oc1cc(C(=O)Nc2c(C)cc(Cl)cc2C(=O)NN(C)C(C)=O)n(-c2ncccc2Cl)n1. The van der Waals surface area contributed by atoms with Crippen molar-refractivity contribution >= 4 is 46.6 Å². The van der Waals surface area contributed by atoms with Gasteiger partial charge in [-0.3, -0.25) is 24.8 Å². The molecular weight excluding hydrogens is 568 g/mol.